The van der Waals surface area contributed by atoms with Crippen LogP contribution in [0.1, 0.15) is 36.5 Å². The van der Waals surface area contributed by atoms with E-state index < -0.39 is 0 Å². The maximum absolute atomic E-state index is 5.97. The van der Waals surface area contributed by atoms with E-state index in [1.54, 1.807) is 0 Å². The lowest BCUT2D eigenvalue weighted by Crippen LogP contribution is -1.94. The van der Waals surface area contributed by atoms with Gasteiger partial charge in [0.25, 0.3) is 0 Å². The smallest absolute Gasteiger partial charge is 0.131 e. The van der Waals surface area contributed by atoms with E-state index in [1.165, 1.54) is 11.1 Å². The van der Waals surface area contributed by atoms with Gasteiger partial charge in [-0.3, -0.25) is 0 Å². The van der Waals surface area contributed by atoms with Gasteiger partial charge in [-0.25, -0.2) is 0 Å². The molecule has 0 unspecified atom stereocenters. The fourth-order valence-corrected chi connectivity index (χ4v) is 2.86. The normalized spacial score (nSPS) is 10.9. The summed E-state index contributed by atoms with van der Waals surface area (Å²) in [6.45, 7) is 6.51. The Kier molecular flexibility index (Phi) is 5.11. The van der Waals surface area contributed by atoms with E-state index >= 15 is 0 Å². The van der Waals surface area contributed by atoms with E-state index in [0.29, 0.717) is 11.8 Å². The minimum atomic E-state index is 0.428. The lowest BCUT2D eigenvalue weighted by atomic mass is 9.98. The van der Waals surface area contributed by atoms with Crippen molar-refractivity contribution in [2.75, 3.05) is 0 Å². The summed E-state index contributed by atoms with van der Waals surface area (Å²) < 4.78 is 6.97. The predicted octanol–water partition coefficient (Wildman–Crippen LogP) is 6.41. The quantitative estimate of drug-likeness (QED) is 0.577. The second-order valence-corrected chi connectivity index (χ2v) is 6.34. The van der Waals surface area contributed by atoms with Crippen LogP contribution in [0.4, 0.5) is 0 Å². The van der Waals surface area contributed by atoms with Gasteiger partial charge >= 0.3 is 0 Å². The molecule has 3 heteroatoms. The number of halogens is 2. The van der Waals surface area contributed by atoms with Crippen LogP contribution in [0.5, 0.6) is 11.5 Å². The molecule has 0 amide bonds. The summed E-state index contributed by atoms with van der Waals surface area (Å²) in [5, 5.41) is 0. The first-order chi connectivity index (χ1) is 9.51. The van der Waals surface area contributed by atoms with Gasteiger partial charge < -0.3 is 4.74 Å². The topological polar surface area (TPSA) is 9.23 Å². The molecule has 0 heterocycles. The van der Waals surface area contributed by atoms with Crippen LogP contribution in [0.3, 0.4) is 0 Å². The van der Waals surface area contributed by atoms with Gasteiger partial charge in [-0.05, 0) is 54.3 Å². The van der Waals surface area contributed by atoms with Gasteiger partial charge in [0.2, 0.25) is 0 Å². The third kappa shape index (κ3) is 3.56. The summed E-state index contributed by atoms with van der Waals surface area (Å²) in [6.07, 6.45) is 0. The molecule has 0 aliphatic carbocycles. The summed E-state index contributed by atoms with van der Waals surface area (Å²) in [5.41, 5.74) is 3.58. The zero-order valence-corrected chi connectivity index (χ0v) is 14.3. The van der Waals surface area contributed by atoms with E-state index in [-0.39, 0.29) is 0 Å². The van der Waals surface area contributed by atoms with Crippen LogP contribution in [-0.2, 0) is 5.88 Å². The molecule has 2 aromatic rings. The summed E-state index contributed by atoms with van der Waals surface area (Å²) in [4.78, 5) is 0. The van der Waals surface area contributed by atoms with Crippen molar-refractivity contribution in [1.29, 1.82) is 0 Å². The standard InChI is InChI=1S/C17H18BrClO/c1-11(2)16-6-5-15(8-12(16)3)20-17-7-4-14(18)9-13(17)10-19/h4-9,11H,10H2,1-3H3. The Morgan fingerprint density at radius 1 is 1.15 bits per heavy atom. The Hall–Kier alpha value is -0.990. The summed E-state index contributed by atoms with van der Waals surface area (Å²) in [5.74, 6) is 2.60. The molecule has 0 fully saturated rings. The molecule has 2 aromatic carbocycles. The molecule has 0 aliphatic rings. The van der Waals surface area contributed by atoms with Gasteiger partial charge in [-0.1, -0.05) is 35.8 Å². The third-order valence-corrected chi connectivity index (χ3v) is 4.04. The molecule has 0 saturated carbocycles. The number of aryl methyl sites for hydroxylation is 1. The Labute approximate surface area is 134 Å². The van der Waals surface area contributed by atoms with E-state index in [2.05, 4.69) is 48.8 Å². The molecule has 0 radical (unpaired) electrons. The second kappa shape index (κ2) is 6.64. The van der Waals surface area contributed by atoms with Crippen molar-refractivity contribution in [3.05, 3.63) is 57.6 Å². The van der Waals surface area contributed by atoms with Gasteiger partial charge in [0.05, 0.1) is 5.88 Å². The van der Waals surface area contributed by atoms with Crippen LogP contribution in [0.15, 0.2) is 40.9 Å². The highest BCUT2D eigenvalue weighted by atomic mass is 79.9. The van der Waals surface area contributed by atoms with Gasteiger partial charge in [-0.15, -0.1) is 11.6 Å². The van der Waals surface area contributed by atoms with E-state index in [1.807, 2.05) is 24.3 Å². The van der Waals surface area contributed by atoms with Crippen molar-refractivity contribution in [2.45, 2.75) is 32.6 Å². The molecule has 0 N–H and O–H groups in total. The number of alkyl halides is 1. The molecule has 0 saturated heterocycles. The van der Waals surface area contributed by atoms with Gasteiger partial charge in [0.1, 0.15) is 11.5 Å². The largest absolute Gasteiger partial charge is 0.457 e. The molecular formula is C17H18BrClO. The van der Waals surface area contributed by atoms with E-state index in [9.17, 15) is 0 Å². The van der Waals surface area contributed by atoms with Crippen molar-refractivity contribution in [3.63, 3.8) is 0 Å². The second-order valence-electron chi connectivity index (χ2n) is 5.16. The molecule has 0 spiro atoms. The van der Waals surface area contributed by atoms with Crippen molar-refractivity contribution >= 4 is 27.5 Å². The highest BCUT2D eigenvalue weighted by Gasteiger charge is 2.08. The Bertz CT molecular complexity index is 608. The van der Waals surface area contributed by atoms with Crippen LogP contribution in [0.25, 0.3) is 0 Å². The predicted molar refractivity (Wildman–Crippen MR) is 89.0 cm³/mol. The number of hydrogen-bond donors (Lipinski definition) is 0. The molecular weight excluding hydrogens is 336 g/mol. The van der Waals surface area contributed by atoms with Crippen LogP contribution in [0.2, 0.25) is 0 Å². The minimum absolute atomic E-state index is 0.428. The van der Waals surface area contributed by atoms with Crippen LogP contribution in [0, 0.1) is 6.92 Å². The maximum Gasteiger partial charge on any atom is 0.131 e. The first-order valence-corrected chi connectivity index (χ1v) is 7.97. The molecule has 0 aromatic heterocycles. The third-order valence-electron chi connectivity index (χ3n) is 3.26. The van der Waals surface area contributed by atoms with Crippen molar-refractivity contribution in [1.82, 2.24) is 0 Å². The fourth-order valence-electron chi connectivity index (χ4n) is 2.24. The summed E-state index contributed by atoms with van der Waals surface area (Å²) in [6, 6.07) is 12.1. The average molecular weight is 354 g/mol. The molecule has 20 heavy (non-hydrogen) atoms. The number of rotatable bonds is 4. The number of hydrogen-bond acceptors (Lipinski definition) is 1. The number of ether oxygens (including phenoxy) is 1. The Morgan fingerprint density at radius 3 is 2.50 bits per heavy atom. The molecule has 2 rings (SSSR count). The fraction of sp³-hybridized carbons (Fsp3) is 0.294. The number of benzene rings is 2. The maximum atomic E-state index is 5.97. The summed E-state index contributed by atoms with van der Waals surface area (Å²) >= 11 is 9.41. The lowest BCUT2D eigenvalue weighted by Gasteiger charge is -2.14. The molecule has 106 valence electrons. The van der Waals surface area contributed by atoms with Gasteiger partial charge in [0.15, 0.2) is 0 Å². The summed E-state index contributed by atoms with van der Waals surface area (Å²) in [7, 11) is 0. The molecule has 0 bridgehead atoms. The SMILES string of the molecule is Cc1cc(Oc2ccc(Br)cc2CCl)ccc1C(C)C. The van der Waals surface area contributed by atoms with E-state index in [4.69, 9.17) is 16.3 Å². The lowest BCUT2D eigenvalue weighted by molar-refractivity contribution is 0.477. The van der Waals surface area contributed by atoms with Crippen LogP contribution < -0.4 is 4.74 Å². The molecule has 0 atom stereocenters. The molecule has 1 nitrogen and oxygen atoms in total. The van der Waals surface area contributed by atoms with Crippen molar-refractivity contribution < 1.29 is 4.74 Å². The highest BCUT2D eigenvalue weighted by molar-refractivity contribution is 9.10. The zero-order chi connectivity index (χ0) is 14.7. The average Bonchev–Trinajstić information content (AvgIpc) is 2.40. The van der Waals surface area contributed by atoms with Gasteiger partial charge in [0, 0.05) is 10.0 Å². The first-order valence-electron chi connectivity index (χ1n) is 6.64. The first kappa shape index (κ1) is 15.4. The zero-order valence-electron chi connectivity index (χ0n) is 11.9. The highest BCUT2D eigenvalue weighted by Crippen LogP contribution is 2.31. The van der Waals surface area contributed by atoms with Crippen LogP contribution in [-0.4, -0.2) is 0 Å². The molecule has 0 aliphatic heterocycles. The Morgan fingerprint density at radius 2 is 1.90 bits per heavy atom. The van der Waals surface area contributed by atoms with E-state index in [0.717, 1.165) is 21.5 Å². The Balaban J connectivity index is 2.28. The van der Waals surface area contributed by atoms with Crippen molar-refractivity contribution in [2.24, 2.45) is 0 Å². The van der Waals surface area contributed by atoms with Gasteiger partial charge in [-0.2, -0.15) is 0 Å². The minimum Gasteiger partial charge on any atom is -0.457 e. The van der Waals surface area contributed by atoms with Crippen molar-refractivity contribution in [3.8, 4) is 11.5 Å². The monoisotopic (exact) mass is 352 g/mol. The van der Waals surface area contributed by atoms with Crippen LogP contribution >= 0.6 is 27.5 Å².